The van der Waals surface area contributed by atoms with Crippen LogP contribution in [-0.2, 0) is 19.2 Å². The monoisotopic (exact) mass is 339 g/mol. The fourth-order valence-corrected chi connectivity index (χ4v) is 2.90. The molecule has 0 N–H and O–H groups in total. The Morgan fingerprint density at radius 1 is 0.833 bits per heavy atom. The predicted molar refractivity (Wildman–Crippen MR) is 90.7 cm³/mol. The van der Waals surface area contributed by atoms with Gasteiger partial charge in [-0.15, -0.1) is 0 Å². The minimum absolute atomic E-state index is 0.0116. The molecular weight excluding hydrogens is 326 g/mol. The van der Waals surface area contributed by atoms with Crippen LogP contribution in [0, 0.1) is 0 Å². The fourth-order valence-electron chi connectivity index (χ4n) is 2.14. The van der Waals surface area contributed by atoms with E-state index in [4.69, 9.17) is 4.28 Å². The van der Waals surface area contributed by atoms with Crippen LogP contribution in [0.2, 0.25) is 0 Å². The molecule has 0 unspecified atom stereocenters. The maximum atomic E-state index is 12.0. The predicted octanol–water partition coefficient (Wildman–Crippen LogP) is 2.97. The maximum absolute atomic E-state index is 12.0. The van der Waals surface area contributed by atoms with Crippen LogP contribution in [0.1, 0.15) is 5.56 Å². The van der Waals surface area contributed by atoms with Crippen molar-refractivity contribution in [2.24, 2.45) is 5.16 Å². The van der Waals surface area contributed by atoms with Crippen LogP contribution in [0.25, 0.3) is 5.57 Å². The molecule has 0 spiro atoms. The zero-order valence-electron chi connectivity index (χ0n) is 12.5. The summed E-state index contributed by atoms with van der Waals surface area (Å²) in [5, 5.41) is 3.65. The highest BCUT2D eigenvalue weighted by Gasteiger charge is 2.17. The Kier molecular flexibility index (Phi) is 4.39. The standard InChI is InChI=1S/C18H13NO4S/c20-18-12-11-15(13-17(18)14-7-3-1-4-8-14)19-23-24(21,22)16-9-5-2-6-10-16/h1-13H/b19-15+. The van der Waals surface area contributed by atoms with Crippen LogP contribution < -0.4 is 0 Å². The second-order valence-electron chi connectivity index (χ2n) is 4.98. The van der Waals surface area contributed by atoms with Gasteiger partial charge in [-0.3, -0.25) is 9.08 Å². The third-order valence-corrected chi connectivity index (χ3v) is 4.44. The molecule has 24 heavy (non-hydrogen) atoms. The van der Waals surface area contributed by atoms with E-state index in [0.717, 1.165) is 5.56 Å². The summed E-state index contributed by atoms with van der Waals surface area (Å²) in [6, 6.07) is 16.8. The maximum Gasteiger partial charge on any atom is 0.358 e. The number of nitrogens with zero attached hydrogens (tertiary/aromatic N) is 1. The smallest absolute Gasteiger partial charge is 0.289 e. The number of ketones is 1. The summed E-state index contributed by atoms with van der Waals surface area (Å²) in [6.07, 6.45) is 4.24. The van der Waals surface area contributed by atoms with E-state index in [0.29, 0.717) is 5.57 Å². The minimum Gasteiger partial charge on any atom is -0.289 e. The number of hydrogen-bond donors (Lipinski definition) is 0. The normalized spacial score (nSPS) is 16.1. The topological polar surface area (TPSA) is 72.8 Å². The Balaban J connectivity index is 1.87. The molecule has 0 aromatic heterocycles. The molecule has 6 heteroatoms. The lowest BCUT2D eigenvalue weighted by atomic mass is 9.96. The van der Waals surface area contributed by atoms with Gasteiger partial charge in [0.2, 0.25) is 0 Å². The van der Waals surface area contributed by atoms with Crippen molar-refractivity contribution in [3.05, 3.63) is 84.5 Å². The van der Waals surface area contributed by atoms with Crippen molar-refractivity contribution in [1.82, 2.24) is 0 Å². The molecule has 2 aromatic rings. The minimum atomic E-state index is -3.99. The van der Waals surface area contributed by atoms with Crippen molar-refractivity contribution in [2.45, 2.75) is 4.90 Å². The van der Waals surface area contributed by atoms with Gasteiger partial charge in [-0.05, 0) is 35.9 Å². The average molecular weight is 339 g/mol. The van der Waals surface area contributed by atoms with Crippen LogP contribution in [0.15, 0.2) is 88.9 Å². The van der Waals surface area contributed by atoms with Crippen LogP contribution >= 0.6 is 0 Å². The molecule has 0 saturated carbocycles. The lowest BCUT2D eigenvalue weighted by molar-refractivity contribution is -0.109. The lowest BCUT2D eigenvalue weighted by Gasteiger charge is -2.08. The molecule has 0 aliphatic heterocycles. The molecule has 0 saturated heterocycles. The van der Waals surface area contributed by atoms with Gasteiger partial charge < -0.3 is 0 Å². The van der Waals surface area contributed by atoms with Gasteiger partial charge in [0, 0.05) is 5.57 Å². The van der Waals surface area contributed by atoms with E-state index in [9.17, 15) is 13.2 Å². The Hall–Kier alpha value is -2.99. The molecule has 0 heterocycles. The van der Waals surface area contributed by atoms with Gasteiger partial charge in [-0.1, -0.05) is 53.7 Å². The third-order valence-electron chi connectivity index (χ3n) is 3.32. The highest BCUT2D eigenvalue weighted by molar-refractivity contribution is 7.86. The summed E-state index contributed by atoms with van der Waals surface area (Å²) < 4.78 is 28.8. The Morgan fingerprint density at radius 2 is 1.46 bits per heavy atom. The van der Waals surface area contributed by atoms with Gasteiger partial charge in [0.1, 0.15) is 10.6 Å². The van der Waals surface area contributed by atoms with E-state index >= 15 is 0 Å². The van der Waals surface area contributed by atoms with Gasteiger partial charge in [0.25, 0.3) is 0 Å². The molecule has 5 nitrogen and oxygen atoms in total. The third kappa shape index (κ3) is 3.49. The second-order valence-corrected chi connectivity index (χ2v) is 6.51. The summed E-state index contributed by atoms with van der Waals surface area (Å²) in [7, 11) is -3.99. The molecule has 0 fully saturated rings. The number of oxime groups is 1. The molecule has 0 bridgehead atoms. The SMILES string of the molecule is O=C1C=C/C(=N\OS(=O)(=O)c2ccccc2)C=C1c1ccccc1. The number of benzene rings is 2. The first kappa shape index (κ1) is 15.9. The first-order chi connectivity index (χ1) is 11.6. The summed E-state index contributed by atoms with van der Waals surface area (Å²) in [5.74, 6) is -0.175. The Labute approximate surface area is 139 Å². The number of allylic oxidation sites excluding steroid dienone is 4. The van der Waals surface area contributed by atoms with Crippen molar-refractivity contribution >= 4 is 27.2 Å². The van der Waals surface area contributed by atoms with Gasteiger partial charge in [-0.25, -0.2) is 0 Å². The van der Waals surface area contributed by atoms with Gasteiger partial charge in [-0.2, -0.15) is 8.42 Å². The van der Waals surface area contributed by atoms with Crippen molar-refractivity contribution in [2.75, 3.05) is 0 Å². The number of rotatable bonds is 4. The van der Waals surface area contributed by atoms with Gasteiger partial charge in [0.05, 0.1) is 0 Å². The molecule has 120 valence electrons. The number of hydrogen-bond acceptors (Lipinski definition) is 5. The second kappa shape index (κ2) is 6.64. The van der Waals surface area contributed by atoms with Gasteiger partial charge in [0.15, 0.2) is 5.78 Å². The first-order valence-electron chi connectivity index (χ1n) is 7.12. The number of carbonyl (C=O) groups excluding carboxylic acids is 1. The average Bonchev–Trinajstić information content (AvgIpc) is 2.62. The van der Waals surface area contributed by atoms with Crippen LogP contribution in [-0.4, -0.2) is 19.9 Å². The molecular formula is C18H13NO4S. The van der Waals surface area contributed by atoms with E-state index in [1.807, 2.05) is 18.2 Å². The van der Waals surface area contributed by atoms with E-state index < -0.39 is 10.1 Å². The van der Waals surface area contributed by atoms with E-state index in [2.05, 4.69) is 5.16 Å². The molecule has 0 radical (unpaired) electrons. The Morgan fingerprint density at radius 3 is 2.12 bits per heavy atom. The summed E-state index contributed by atoms with van der Waals surface area (Å²) in [4.78, 5) is 12.0. The summed E-state index contributed by atoms with van der Waals surface area (Å²) in [6.45, 7) is 0. The van der Waals surface area contributed by atoms with Gasteiger partial charge >= 0.3 is 10.1 Å². The van der Waals surface area contributed by atoms with Crippen molar-refractivity contribution in [3.63, 3.8) is 0 Å². The van der Waals surface area contributed by atoms with E-state index in [1.54, 1.807) is 30.3 Å². The van der Waals surface area contributed by atoms with Crippen LogP contribution in [0.4, 0.5) is 0 Å². The van der Waals surface area contributed by atoms with E-state index in [1.165, 1.54) is 30.4 Å². The molecule has 0 amide bonds. The summed E-state index contributed by atoms with van der Waals surface area (Å²) in [5.41, 5.74) is 1.40. The highest BCUT2D eigenvalue weighted by Crippen LogP contribution is 2.20. The zero-order valence-corrected chi connectivity index (χ0v) is 13.3. The first-order valence-corrected chi connectivity index (χ1v) is 8.53. The quantitative estimate of drug-likeness (QED) is 0.634. The van der Waals surface area contributed by atoms with Crippen molar-refractivity contribution in [3.8, 4) is 0 Å². The fraction of sp³-hybridized carbons (Fsp3) is 0. The molecule has 0 atom stereocenters. The van der Waals surface area contributed by atoms with Crippen molar-refractivity contribution < 1.29 is 17.5 Å². The molecule has 3 rings (SSSR count). The lowest BCUT2D eigenvalue weighted by Crippen LogP contribution is -2.09. The Bertz CT molecular complexity index is 943. The molecule has 1 aliphatic carbocycles. The van der Waals surface area contributed by atoms with E-state index in [-0.39, 0.29) is 16.4 Å². The largest absolute Gasteiger partial charge is 0.358 e. The number of carbonyl (C=O) groups is 1. The van der Waals surface area contributed by atoms with Crippen molar-refractivity contribution in [1.29, 1.82) is 0 Å². The van der Waals surface area contributed by atoms with Crippen LogP contribution in [0.5, 0.6) is 0 Å². The molecule has 1 aliphatic rings. The summed E-state index contributed by atoms with van der Waals surface area (Å²) >= 11 is 0. The van der Waals surface area contributed by atoms with Crippen LogP contribution in [0.3, 0.4) is 0 Å². The molecule has 2 aromatic carbocycles. The highest BCUT2D eigenvalue weighted by atomic mass is 32.2. The zero-order chi connectivity index (χ0) is 17.0.